The molecule has 0 aliphatic carbocycles. The molecule has 156 valence electrons. The summed E-state index contributed by atoms with van der Waals surface area (Å²) in [5.74, 6) is 0.0445. The predicted octanol–water partition coefficient (Wildman–Crippen LogP) is 3.18. The van der Waals surface area contributed by atoms with Gasteiger partial charge in [-0.15, -0.1) is 0 Å². The molecule has 1 heterocycles. The van der Waals surface area contributed by atoms with Gasteiger partial charge in [0.25, 0.3) is 0 Å². The van der Waals surface area contributed by atoms with Crippen LogP contribution in [-0.4, -0.2) is 36.8 Å². The van der Waals surface area contributed by atoms with Crippen LogP contribution in [0.5, 0.6) is 0 Å². The Balaban J connectivity index is 1.60. The Bertz CT molecular complexity index is 835. The summed E-state index contributed by atoms with van der Waals surface area (Å²) in [6.07, 6.45) is 1.04. The fourth-order valence-corrected chi connectivity index (χ4v) is 3.36. The number of guanidine groups is 1. The van der Waals surface area contributed by atoms with E-state index < -0.39 is 0 Å². The number of nitrogens with zero attached hydrogens (tertiary/aromatic N) is 2. The number of halogens is 2. The van der Waals surface area contributed by atoms with E-state index in [9.17, 15) is 13.9 Å². The molecule has 0 spiro atoms. The summed E-state index contributed by atoms with van der Waals surface area (Å²) in [7, 11) is 0. The second-order valence-electron chi connectivity index (χ2n) is 7.18. The van der Waals surface area contributed by atoms with Crippen molar-refractivity contribution in [2.24, 2.45) is 4.99 Å². The van der Waals surface area contributed by atoms with E-state index in [1.807, 2.05) is 24.0 Å². The number of hydrogen-bond acceptors (Lipinski definition) is 3. The Kier molecular flexibility index (Phi) is 7.41. The largest absolute Gasteiger partial charge is 0.393 e. The van der Waals surface area contributed by atoms with Crippen molar-refractivity contribution in [2.75, 3.05) is 24.5 Å². The van der Waals surface area contributed by atoms with Crippen molar-refractivity contribution in [3.63, 3.8) is 0 Å². The number of rotatable bonds is 6. The van der Waals surface area contributed by atoms with Gasteiger partial charge in [0, 0.05) is 26.2 Å². The van der Waals surface area contributed by atoms with Crippen molar-refractivity contribution in [3.8, 4) is 0 Å². The lowest BCUT2D eigenvalue weighted by Gasteiger charge is -2.31. The van der Waals surface area contributed by atoms with E-state index in [1.54, 1.807) is 12.1 Å². The first-order valence-electron chi connectivity index (χ1n) is 10.0. The summed E-state index contributed by atoms with van der Waals surface area (Å²) < 4.78 is 27.9. The molecule has 0 saturated carbocycles. The van der Waals surface area contributed by atoms with Crippen molar-refractivity contribution in [1.29, 1.82) is 0 Å². The van der Waals surface area contributed by atoms with Gasteiger partial charge in [-0.3, -0.25) is 0 Å². The van der Waals surface area contributed by atoms with Crippen LogP contribution >= 0.6 is 0 Å². The number of aliphatic imine (C=N–C) groups is 1. The maximum Gasteiger partial charge on any atom is 0.191 e. The fourth-order valence-electron chi connectivity index (χ4n) is 3.36. The number of aliphatic hydroxyl groups is 1. The maximum absolute atomic E-state index is 14.6. The summed E-state index contributed by atoms with van der Waals surface area (Å²) in [4.78, 5) is 6.44. The van der Waals surface area contributed by atoms with Crippen LogP contribution in [0, 0.1) is 11.6 Å². The van der Waals surface area contributed by atoms with Gasteiger partial charge in [-0.2, -0.15) is 0 Å². The van der Waals surface area contributed by atoms with Crippen LogP contribution in [0.2, 0.25) is 0 Å². The van der Waals surface area contributed by atoms with Gasteiger partial charge in [-0.05, 0) is 55.2 Å². The van der Waals surface area contributed by atoms with Gasteiger partial charge in [0.2, 0.25) is 0 Å². The highest BCUT2D eigenvalue weighted by molar-refractivity contribution is 5.79. The zero-order chi connectivity index (χ0) is 20.6. The van der Waals surface area contributed by atoms with E-state index in [4.69, 9.17) is 0 Å². The molecule has 1 aliphatic heterocycles. The Morgan fingerprint density at radius 3 is 2.59 bits per heavy atom. The minimum Gasteiger partial charge on any atom is -0.393 e. The van der Waals surface area contributed by atoms with Crippen LogP contribution in [-0.2, 0) is 13.1 Å². The minimum atomic E-state index is -0.283. The SMILES string of the molecule is CCNC(=NCc1cccc(F)c1)NCc1ccc(N2CCC(O)CC2)c(F)c1. The summed E-state index contributed by atoms with van der Waals surface area (Å²) in [6.45, 7) is 4.73. The van der Waals surface area contributed by atoms with Gasteiger partial charge in [-0.1, -0.05) is 18.2 Å². The molecule has 0 aromatic heterocycles. The standard InChI is InChI=1S/C22H28F2N4O/c1-2-25-22(26-14-16-4-3-5-18(23)12-16)27-15-17-6-7-21(20(24)13-17)28-10-8-19(29)9-11-28/h3-7,12-13,19,29H,2,8-11,14-15H2,1H3,(H2,25,26,27). The molecule has 0 bridgehead atoms. The molecule has 0 atom stereocenters. The Morgan fingerprint density at radius 1 is 1.10 bits per heavy atom. The second kappa shape index (κ2) is 10.2. The Hall–Kier alpha value is -2.67. The van der Waals surface area contributed by atoms with Gasteiger partial charge < -0.3 is 20.6 Å². The third-order valence-electron chi connectivity index (χ3n) is 4.93. The highest BCUT2D eigenvalue weighted by atomic mass is 19.1. The molecule has 0 radical (unpaired) electrons. The highest BCUT2D eigenvalue weighted by Crippen LogP contribution is 2.24. The Morgan fingerprint density at radius 2 is 1.90 bits per heavy atom. The van der Waals surface area contributed by atoms with Gasteiger partial charge in [-0.25, -0.2) is 13.8 Å². The predicted molar refractivity (Wildman–Crippen MR) is 112 cm³/mol. The third-order valence-corrected chi connectivity index (χ3v) is 4.93. The lowest BCUT2D eigenvalue weighted by Crippen LogP contribution is -2.37. The van der Waals surface area contributed by atoms with Crippen molar-refractivity contribution in [2.45, 2.75) is 39.0 Å². The molecule has 1 fully saturated rings. The molecule has 2 aromatic carbocycles. The minimum absolute atomic E-state index is 0.262. The summed E-state index contributed by atoms with van der Waals surface area (Å²) in [5.41, 5.74) is 2.16. The summed E-state index contributed by atoms with van der Waals surface area (Å²) >= 11 is 0. The second-order valence-corrected chi connectivity index (χ2v) is 7.18. The summed E-state index contributed by atoms with van der Waals surface area (Å²) in [6, 6.07) is 11.6. The van der Waals surface area contributed by atoms with Gasteiger partial charge >= 0.3 is 0 Å². The average Bonchev–Trinajstić information content (AvgIpc) is 2.71. The van der Waals surface area contributed by atoms with Crippen LogP contribution in [0.15, 0.2) is 47.5 Å². The van der Waals surface area contributed by atoms with Crippen LogP contribution in [0.4, 0.5) is 14.5 Å². The monoisotopic (exact) mass is 402 g/mol. The van der Waals surface area contributed by atoms with E-state index in [1.165, 1.54) is 18.2 Å². The molecule has 2 aromatic rings. The first-order valence-corrected chi connectivity index (χ1v) is 10.0. The lowest BCUT2D eigenvalue weighted by atomic mass is 10.1. The zero-order valence-electron chi connectivity index (χ0n) is 16.7. The quantitative estimate of drug-likeness (QED) is 0.513. The topological polar surface area (TPSA) is 59.9 Å². The molecular weight excluding hydrogens is 374 g/mol. The molecule has 1 aliphatic rings. The normalized spacial score (nSPS) is 15.4. The molecule has 3 rings (SSSR count). The van der Waals surface area contributed by atoms with Crippen LogP contribution < -0.4 is 15.5 Å². The van der Waals surface area contributed by atoms with Gasteiger partial charge in [0.15, 0.2) is 5.96 Å². The van der Waals surface area contributed by atoms with Crippen molar-refractivity contribution < 1.29 is 13.9 Å². The average molecular weight is 402 g/mol. The highest BCUT2D eigenvalue weighted by Gasteiger charge is 2.19. The van der Waals surface area contributed by atoms with E-state index in [0.29, 0.717) is 57.2 Å². The van der Waals surface area contributed by atoms with E-state index in [2.05, 4.69) is 15.6 Å². The Labute approximate surface area is 170 Å². The number of anilines is 1. The molecular formula is C22H28F2N4O. The van der Waals surface area contributed by atoms with Gasteiger partial charge in [0.05, 0.1) is 18.3 Å². The van der Waals surface area contributed by atoms with Crippen molar-refractivity contribution in [1.82, 2.24) is 10.6 Å². The van der Waals surface area contributed by atoms with E-state index in [0.717, 1.165) is 11.1 Å². The first kappa shape index (κ1) is 21.0. The van der Waals surface area contributed by atoms with Crippen LogP contribution in [0.25, 0.3) is 0 Å². The number of hydrogen-bond donors (Lipinski definition) is 3. The van der Waals surface area contributed by atoms with Crippen molar-refractivity contribution in [3.05, 3.63) is 65.2 Å². The zero-order valence-corrected chi connectivity index (χ0v) is 16.7. The number of nitrogens with one attached hydrogen (secondary N) is 2. The number of aliphatic hydroxyl groups excluding tert-OH is 1. The molecule has 0 amide bonds. The molecule has 5 nitrogen and oxygen atoms in total. The van der Waals surface area contributed by atoms with Gasteiger partial charge in [0.1, 0.15) is 11.6 Å². The van der Waals surface area contributed by atoms with Crippen LogP contribution in [0.3, 0.4) is 0 Å². The fraction of sp³-hybridized carbons (Fsp3) is 0.409. The molecule has 29 heavy (non-hydrogen) atoms. The third kappa shape index (κ3) is 6.15. The molecule has 3 N–H and O–H groups in total. The van der Waals surface area contributed by atoms with E-state index >= 15 is 0 Å². The lowest BCUT2D eigenvalue weighted by molar-refractivity contribution is 0.145. The molecule has 7 heteroatoms. The smallest absolute Gasteiger partial charge is 0.191 e. The molecule has 0 unspecified atom stereocenters. The summed E-state index contributed by atoms with van der Waals surface area (Å²) in [5, 5.41) is 15.9. The first-order chi connectivity index (χ1) is 14.0. The number of benzene rings is 2. The number of piperidine rings is 1. The molecule has 1 saturated heterocycles. The van der Waals surface area contributed by atoms with Crippen molar-refractivity contribution >= 4 is 11.6 Å². The van der Waals surface area contributed by atoms with E-state index in [-0.39, 0.29) is 17.7 Å². The maximum atomic E-state index is 14.6. The van der Waals surface area contributed by atoms with Crippen LogP contribution in [0.1, 0.15) is 30.9 Å².